The van der Waals surface area contributed by atoms with Crippen molar-refractivity contribution in [3.63, 3.8) is 0 Å². The van der Waals surface area contributed by atoms with Crippen LogP contribution in [0, 0.1) is 5.92 Å². The zero-order valence-electron chi connectivity index (χ0n) is 10.7. The van der Waals surface area contributed by atoms with Gasteiger partial charge in [0.2, 0.25) is 0 Å². The van der Waals surface area contributed by atoms with Crippen LogP contribution in [0.1, 0.15) is 23.2 Å². The Morgan fingerprint density at radius 1 is 1.53 bits per heavy atom. The summed E-state index contributed by atoms with van der Waals surface area (Å²) in [6, 6.07) is 0. The molecule has 19 heavy (non-hydrogen) atoms. The summed E-state index contributed by atoms with van der Waals surface area (Å²) in [7, 11) is 0. The van der Waals surface area contributed by atoms with Crippen LogP contribution in [-0.2, 0) is 0 Å². The van der Waals surface area contributed by atoms with Crippen molar-refractivity contribution in [2.24, 2.45) is 5.92 Å². The summed E-state index contributed by atoms with van der Waals surface area (Å²) in [6.07, 6.45) is 8.98. The third kappa shape index (κ3) is 2.58. The van der Waals surface area contributed by atoms with E-state index >= 15 is 0 Å². The van der Waals surface area contributed by atoms with Crippen LogP contribution < -0.4 is 10.6 Å². The van der Waals surface area contributed by atoms with E-state index in [0.29, 0.717) is 18.0 Å². The molecule has 0 spiro atoms. The van der Waals surface area contributed by atoms with E-state index in [1.54, 1.807) is 29.3 Å². The fourth-order valence-electron chi connectivity index (χ4n) is 2.44. The van der Waals surface area contributed by atoms with Gasteiger partial charge in [-0.2, -0.15) is 5.10 Å². The molecule has 1 aliphatic rings. The molecule has 0 bridgehead atoms. The average Bonchev–Trinajstić information content (AvgIpc) is 2.90. The molecule has 2 N–H and O–H groups in total. The molecule has 0 radical (unpaired) electrons. The second-order valence-corrected chi connectivity index (χ2v) is 4.89. The van der Waals surface area contributed by atoms with Crippen molar-refractivity contribution in [1.29, 1.82) is 0 Å². The molecule has 2 aromatic rings. The summed E-state index contributed by atoms with van der Waals surface area (Å²) in [4.78, 5) is 16.2. The number of rotatable bonds is 3. The molecule has 1 aliphatic heterocycles. The quantitative estimate of drug-likeness (QED) is 0.840. The zero-order valence-corrected chi connectivity index (χ0v) is 10.7. The molecule has 0 saturated carbocycles. The number of hydrogen-bond acceptors (Lipinski definition) is 4. The fourth-order valence-corrected chi connectivity index (χ4v) is 2.44. The van der Waals surface area contributed by atoms with E-state index in [0.717, 1.165) is 18.6 Å². The molecule has 3 heterocycles. The third-order valence-corrected chi connectivity index (χ3v) is 3.52. The van der Waals surface area contributed by atoms with Gasteiger partial charge in [-0.05, 0) is 31.8 Å². The van der Waals surface area contributed by atoms with Crippen LogP contribution >= 0.6 is 0 Å². The van der Waals surface area contributed by atoms with Gasteiger partial charge in [-0.3, -0.25) is 9.78 Å². The van der Waals surface area contributed by atoms with E-state index in [-0.39, 0.29) is 5.91 Å². The first-order chi connectivity index (χ1) is 9.34. The van der Waals surface area contributed by atoms with Crippen LogP contribution in [0.3, 0.4) is 0 Å². The summed E-state index contributed by atoms with van der Waals surface area (Å²) < 4.78 is 1.66. The first kappa shape index (κ1) is 12.1. The van der Waals surface area contributed by atoms with Crippen LogP contribution in [0.4, 0.5) is 0 Å². The van der Waals surface area contributed by atoms with Crippen molar-refractivity contribution in [3.8, 4) is 0 Å². The van der Waals surface area contributed by atoms with Crippen LogP contribution in [0.5, 0.6) is 0 Å². The van der Waals surface area contributed by atoms with Gasteiger partial charge in [0.15, 0.2) is 0 Å². The number of carbonyl (C=O) groups is 1. The topological polar surface area (TPSA) is 71.3 Å². The molecular weight excluding hydrogens is 242 g/mol. The van der Waals surface area contributed by atoms with Crippen molar-refractivity contribution in [2.45, 2.75) is 12.8 Å². The van der Waals surface area contributed by atoms with Gasteiger partial charge in [-0.25, -0.2) is 4.52 Å². The number of aromatic nitrogens is 3. The lowest BCUT2D eigenvalue weighted by atomic mass is 10.00. The predicted molar refractivity (Wildman–Crippen MR) is 70.9 cm³/mol. The zero-order chi connectivity index (χ0) is 13.1. The summed E-state index contributed by atoms with van der Waals surface area (Å²) in [6.45, 7) is 2.78. The lowest BCUT2D eigenvalue weighted by Gasteiger charge is -2.22. The lowest BCUT2D eigenvalue weighted by Crippen LogP contribution is -2.38. The highest BCUT2D eigenvalue weighted by Crippen LogP contribution is 2.11. The first-order valence-electron chi connectivity index (χ1n) is 6.61. The highest BCUT2D eigenvalue weighted by atomic mass is 16.1. The third-order valence-electron chi connectivity index (χ3n) is 3.52. The predicted octanol–water partition coefficient (Wildman–Crippen LogP) is 0.459. The number of hydrogen-bond donors (Lipinski definition) is 2. The Kier molecular flexibility index (Phi) is 3.41. The van der Waals surface area contributed by atoms with E-state index in [1.165, 1.54) is 12.8 Å². The second kappa shape index (κ2) is 5.36. The van der Waals surface area contributed by atoms with E-state index in [9.17, 15) is 4.79 Å². The molecule has 0 aromatic carbocycles. The Hall–Kier alpha value is -1.95. The highest BCUT2D eigenvalue weighted by Gasteiger charge is 2.16. The van der Waals surface area contributed by atoms with Gasteiger partial charge in [-0.15, -0.1) is 0 Å². The summed E-state index contributed by atoms with van der Waals surface area (Å²) >= 11 is 0. The maximum Gasteiger partial charge on any atom is 0.255 e. The minimum absolute atomic E-state index is 0.0754. The maximum absolute atomic E-state index is 12.1. The SMILES string of the molecule is O=C(NCC1CCCNC1)c1cnn2ccncc12. The van der Waals surface area contributed by atoms with Gasteiger partial charge >= 0.3 is 0 Å². The molecule has 6 heteroatoms. The molecule has 0 aliphatic carbocycles. The average molecular weight is 259 g/mol. The van der Waals surface area contributed by atoms with Gasteiger partial charge < -0.3 is 10.6 Å². The van der Waals surface area contributed by atoms with Crippen molar-refractivity contribution in [2.75, 3.05) is 19.6 Å². The number of amides is 1. The fraction of sp³-hybridized carbons (Fsp3) is 0.462. The van der Waals surface area contributed by atoms with Crippen molar-refractivity contribution >= 4 is 11.4 Å². The summed E-state index contributed by atoms with van der Waals surface area (Å²) in [5.41, 5.74) is 1.32. The molecule has 6 nitrogen and oxygen atoms in total. The van der Waals surface area contributed by atoms with Crippen molar-refractivity contribution < 1.29 is 4.79 Å². The Labute approximate surface area is 111 Å². The summed E-state index contributed by atoms with van der Waals surface area (Å²) in [5, 5.41) is 10.5. The van der Waals surface area contributed by atoms with Crippen molar-refractivity contribution in [1.82, 2.24) is 25.2 Å². The van der Waals surface area contributed by atoms with Gasteiger partial charge in [-0.1, -0.05) is 0 Å². The standard InChI is InChI=1S/C13H17N5O/c19-13(16-7-10-2-1-3-14-6-10)11-8-17-18-5-4-15-9-12(11)18/h4-5,8-10,14H,1-3,6-7H2,(H,16,19). The van der Waals surface area contributed by atoms with E-state index < -0.39 is 0 Å². The Bertz CT molecular complexity index is 573. The second-order valence-electron chi connectivity index (χ2n) is 4.89. The van der Waals surface area contributed by atoms with E-state index in [4.69, 9.17) is 0 Å². The summed E-state index contributed by atoms with van der Waals surface area (Å²) in [5.74, 6) is 0.450. The minimum atomic E-state index is -0.0754. The van der Waals surface area contributed by atoms with Crippen LogP contribution in [0.25, 0.3) is 5.52 Å². The number of fused-ring (bicyclic) bond motifs is 1. The molecule has 1 amide bonds. The molecule has 1 atom stereocenters. The molecule has 2 aromatic heterocycles. The Morgan fingerprint density at radius 2 is 2.47 bits per heavy atom. The Morgan fingerprint density at radius 3 is 3.32 bits per heavy atom. The number of nitrogens with zero attached hydrogens (tertiary/aromatic N) is 3. The van der Waals surface area contributed by atoms with E-state index in [1.807, 2.05) is 0 Å². The number of nitrogens with one attached hydrogen (secondary N) is 2. The monoisotopic (exact) mass is 259 g/mol. The smallest absolute Gasteiger partial charge is 0.255 e. The maximum atomic E-state index is 12.1. The van der Waals surface area contributed by atoms with Crippen LogP contribution in [0.15, 0.2) is 24.8 Å². The van der Waals surface area contributed by atoms with Gasteiger partial charge in [0.1, 0.15) is 0 Å². The Balaban J connectivity index is 1.66. The van der Waals surface area contributed by atoms with Gasteiger partial charge in [0, 0.05) is 18.9 Å². The van der Waals surface area contributed by atoms with Gasteiger partial charge in [0.25, 0.3) is 5.91 Å². The molecule has 1 saturated heterocycles. The largest absolute Gasteiger partial charge is 0.352 e. The molecule has 100 valence electrons. The normalized spacial score (nSPS) is 19.5. The first-order valence-corrected chi connectivity index (χ1v) is 6.61. The number of carbonyl (C=O) groups excluding carboxylic acids is 1. The minimum Gasteiger partial charge on any atom is -0.352 e. The highest BCUT2D eigenvalue weighted by molar-refractivity contribution is 6.00. The van der Waals surface area contributed by atoms with Crippen LogP contribution in [-0.4, -0.2) is 40.1 Å². The number of piperidine rings is 1. The van der Waals surface area contributed by atoms with Gasteiger partial charge in [0.05, 0.1) is 23.5 Å². The molecule has 3 rings (SSSR count). The van der Waals surface area contributed by atoms with Crippen LogP contribution in [0.2, 0.25) is 0 Å². The lowest BCUT2D eigenvalue weighted by molar-refractivity contribution is 0.0946. The molecule has 1 fully saturated rings. The molecule has 1 unspecified atom stereocenters. The van der Waals surface area contributed by atoms with E-state index in [2.05, 4.69) is 20.7 Å². The van der Waals surface area contributed by atoms with Crippen molar-refractivity contribution in [3.05, 3.63) is 30.4 Å². The molecular formula is C13H17N5O.